The molecule has 1 aliphatic rings. The van der Waals surface area contributed by atoms with Crippen LogP contribution in [0.15, 0.2) is 96.0 Å². The van der Waals surface area contributed by atoms with Crippen LogP contribution in [0.2, 0.25) is 0 Å². The van der Waals surface area contributed by atoms with E-state index in [-0.39, 0.29) is 5.75 Å². The summed E-state index contributed by atoms with van der Waals surface area (Å²) in [5.74, 6) is 0.170. The van der Waals surface area contributed by atoms with Gasteiger partial charge in [-0.1, -0.05) is 72.8 Å². The van der Waals surface area contributed by atoms with Crippen molar-refractivity contribution in [2.75, 3.05) is 12.4 Å². The number of aliphatic imine (C=N–C) groups is 1. The second kappa shape index (κ2) is 9.07. The third-order valence-electron chi connectivity index (χ3n) is 5.48. The predicted molar refractivity (Wildman–Crippen MR) is 131 cm³/mol. The van der Waals surface area contributed by atoms with Crippen LogP contribution in [0.25, 0.3) is 10.8 Å². The summed E-state index contributed by atoms with van der Waals surface area (Å²) in [6.45, 7) is 0. The lowest BCUT2D eigenvalue weighted by molar-refractivity contribution is -0.117. The largest absolute Gasteiger partial charge is 0.493 e. The molecule has 0 aliphatic carbocycles. The van der Waals surface area contributed by atoms with Crippen LogP contribution in [0, 0.1) is 0 Å². The lowest BCUT2D eigenvalue weighted by Gasteiger charge is -2.15. The van der Waals surface area contributed by atoms with Crippen LogP contribution in [0.4, 0.5) is 10.5 Å². The quantitative estimate of drug-likeness (QED) is 0.469. The zero-order valence-electron chi connectivity index (χ0n) is 18.3. The summed E-state index contributed by atoms with van der Waals surface area (Å²) < 4.78 is 10.9. The minimum absolute atomic E-state index is 0.239. The number of hydrogen-bond donors (Lipinski definition) is 2. The van der Waals surface area contributed by atoms with Crippen LogP contribution in [-0.2, 0) is 4.79 Å². The lowest BCUT2D eigenvalue weighted by atomic mass is 10.0. The van der Waals surface area contributed by atoms with Crippen LogP contribution >= 0.6 is 0 Å². The fourth-order valence-electron chi connectivity index (χ4n) is 3.86. The third-order valence-corrected chi connectivity index (χ3v) is 5.48. The Labute approximate surface area is 196 Å². The molecule has 0 radical (unpaired) electrons. The fourth-order valence-corrected chi connectivity index (χ4v) is 3.86. The zero-order valence-corrected chi connectivity index (χ0v) is 18.3. The summed E-state index contributed by atoms with van der Waals surface area (Å²) in [7, 11) is 1.50. The average molecular weight is 451 g/mol. The van der Waals surface area contributed by atoms with E-state index < -0.39 is 18.2 Å². The first-order valence-electron chi connectivity index (χ1n) is 10.7. The van der Waals surface area contributed by atoms with E-state index in [1.54, 1.807) is 18.2 Å². The number of hydrogen-bond acceptors (Lipinski definition) is 5. The van der Waals surface area contributed by atoms with Crippen LogP contribution in [0.5, 0.6) is 11.5 Å². The predicted octanol–water partition coefficient (Wildman–Crippen LogP) is 4.75. The molecule has 7 heteroatoms. The van der Waals surface area contributed by atoms with E-state index >= 15 is 0 Å². The van der Waals surface area contributed by atoms with Gasteiger partial charge in [0.15, 0.2) is 11.5 Å². The number of carbonyl (C=O) groups is 2. The average Bonchev–Trinajstić information content (AvgIpc) is 3.00. The summed E-state index contributed by atoms with van der Waals surface area (Å²) in [6, 6.07) is 28.0. The molecule has 1 atom stereocenters. The van der Waals surface area contributed by atoms with Gasteiger partial charge in [0.05, 0.1) is 18.5 Å². The van der Waals surface area contributed by atoms with Crippen LogP contribution in [-0.4, -0.2) is 31.0 Å². The molecule has 1 heterocycles. The van der Waals surface area contributed by atoms with Crippen molar-refractivity contribution in [3.05, 3.63) is 102 Å². The highest BCUT2D eigenvalue weighted by Gasteiger charge is 2.28. The SMILES string of the molecule is COc1cc2ccccc2cc1OC(=O)N[C@H]1N=C(c2ccccc2)c2ccccc2NC1=O. The monoisotopic (exact) mass is 451 g/mol. The van der Waals surface area contributed by atoms with E-state index in [1.807, 2.05) is 72.8 Å². The Bertz CT molecular complexity index is 1420. The highest BCUT2D eigenvalue weighted by molar-refractivity contribution is 6.19. The lowest BCUT2D eigenvalue weighted by Crippen LogP contribution is -2.43. The maximum absolute atomic E-state index is 12.9. The molecular formula is C27H21N3O4. The van der Waals surface area contributed by atoms with Crippen LogP contribution < -0.4 is 20.1 Å². The van der Waals surface area contributed by atoms with Gasteiger partial charge in [0.2, 0.25) is 6.17 Å². The van der Waals surface area contributed by atoms with Gasteiger partial charge in [-0.05, 0) is 29.0 Å². The van der Waals surface area contributed by atoms with Gasteiger partial charge in [0.1, 0.15) is 0 Å². The number of carbonyl (C=O) groups excluding carboxylic acids is 2. The van der Waals surface area contributed by atoms with Crippen molar-refractivity contribution in [3.63, 3.8) is 0 Å². The Morgan fingerprint density at radius 3 is 2.26 bits per heavy atom. The number of ether oxygens (including phenoxy) is 2. The van der Waals surface area contributed by atoms with Crippen LogP contribution in [0.1, 0.15) is 11.1 Å². The molecule has 0 saturated carbocycles. The first kappa shape index (κ1) is 21.2. The van der Waals surface area contributed by atoms with Gasteiger partial charge in [-0.15, -0.1) is 0 Å². The van der Waals surface area contributed by atoms with Crippen molar-refractivity contribution in [2.24, 2.45) is 4.99 Å². The van der Waals surface area contributed by atoms with Gasteiger partial charge in [-0.25, -0.2) is 9.79 Å². The third kappa shape index (κ3) is 4.19. The molecule has 1 aliphatic heterocycles. The Morgan fingerprint density at radius 1 is 0.882 bits per heavy atom. The molecule has 2 N–H and O–H groups in total. The van der Waals surface area contributed by atoms with Crippen molar-refractivity contribution in [1.82, 2.24) is 5.32 Å². The molecule has 5 rings (SSSR count). The normalized spacial score (nSPS) is 14.9. The minimum atomic E-state index is -1.19. The van der Waals surface area contributed by atoms with Crippen molar-refractivity contribution >= 4 is 34.2 Å². The second-order valence-electron chi connectivity index (χ2n) is 7.67. The van der Waals surface area contributed by atoms with Crippen molar-refractivity contribution in [1.29, 1.82) is 0 Å². The van der Waals surface area contributed by atoms with Gasteiger partial charge in [-0.3, -0.25) is 10.1 Å². The molecule has 168 valence electrons. The molecule has 0 spiro atoms. The van der Waals surface area contributed by atoms with E-state index in [2.05, 4.69) is 15.6 Å². The topological polar surface area (TPSA) is 89.0 Å². The van der Waals surface area contributed by atoms with E-state index in [0.717, 1.165) is 21.9 Å². The molecule has 0 fully saturated rings. The summed E-state index contributed by atoms with van der Waals surface area (Å²) >= 11 is 0. The first-order valence-corrected chi connectivity index (χ1v) is 10.7. The Balaban J connectivity index is 1.45. The smallest absolute Gasteiger partial charge is 0.414 e. The highest BCUT2D eigenvalue weighted by Crippen LogP contribution is 2.32. The van der Waals surface area contributed by atoms with Gasteiger partial charge in [0, 0.05) is 11.1 Å². The molecule has 0 aromatic heterocycles. The number of anilines is 1. The Kier molecular flexibility index (Phi) is 5.66. The first-order chi connectivity index (χ1) is 16.6. The number of rotatable bonds is 4. The summed E-state index contributed by atoms with van der Waals surface area (Å²) in [5, 5.41) is 7.25. The molecular weight excluding hydrogens is 430 g/mol. The van der Waals surface area contributed by atoms with Crippen molar-refractivity contribution in [3.8, 4) is 11.5 Å². The second-order valence-corrected chi connectivity index (χ2v) is 7.67. The Hall–Kier alpha value is -4.65. The van der Waals surface area contributed by atoms with Crippen molar-refractivity contribution < 1.29 is 19.1 Å². The Morgan fingerprint density at radius 2 is 1.53 bits per heavy atom. The number of benzodiazepines with no additional fused rings is 1. The summed E-state index contributed by atoms with van der Waals surface area (Å²) in [4.78, 5) is 30.4. The number of fused-ring (bicyclic) bond motifs is 2. The number of benzene rings is 4. The number of nitrogens with one attached hydrogen (secondary N) is 2. The van der Waals surface area contributed by atoms with Gasteiger partial charge < -0.3 is 14.8 Å². The van der Waals surface area contributed by atoms with Crippen LogP contribution in [0.3, 0.4) is 0 Å². The molecule has 34 heavy (non-hydrogen) atoms. The molecule has 4 aromatic carbocycles. The number of nitrogens with zero attached hydrogens (tertiary/aromatic N) is 1. The maximum Gasteiger partial charge on any atom is 0.414 e. The van der Waals surface area contributed by atoms with E-state index in [9.17, 15) is 9.59 Å². The molecule has 0 bridgehead atoms. The molecule has 0 saturated heterocycles. The van der Waals surface area contributed by atoms with E-state index in [0.29, 0.717) is 17.1 Å². The van der Waals surface area contributed by atoms with Gasteiger partial charge in [-0.2, -0.15) is 0 Å². The highest BCUT2D eigenvalue weighted by atomic mass is 16.6. The molecule has 0 unspecified atom stereocenters. The van der Waals surface area contributed by atoms with Gasteiger partial charge >= 0.3 is 6.09 Å². The maximum atomic E-state index is 12.9. The summed E-state index contributed by atoms with van der Waals surface area (Å²) in [6.07, 6.45) is -2.02. The number of methoxy groups -OCH3 is 1. The van der Waals surface area contributed by atoms with E-state index in [1.165, 1.54) is 7.11 Å². The minimum Gasteiger partial charge on any atom is -0.493 e. The van der Waals surface area contributed by atoms with E-state index in [4.69, 9.17) is 9.47 Å². The molecule has 4 aromatic rings. The standard InChI is InChI=1S/C27H21N3O4/c1-33-22-15-18-11-5-6-12-19(18)16-23(22)34-27(32)30-25-26(31)28-21-14-8-7-13-20(21)24(29-25)17-9-3-2-4-10-17/h2-16,25H,1H3,(H,28,31)(H,30,32)/t25-/m1/s1. The van der Waals surface area contributed by atoms with Gasteiger partial charge in [0.25, 0.3) is 5.91 Å². The zero-order chi connectivity index (χ0) is 23.5. The number of amides is 2. The summed E-state index contributed by atoms with van der Waals surface area (Å²) in [5.41, 5.74) is 2.78. The molecule has 2 amide bonds. The number of para-hydroxylation sites is 1. The molecule has 7 nitrogen and oxygen atoms in total. The fraction of sp³-hybridized carbons (Fsp3) is 0.0741. The van der Waals surface area contributed by atoms with Crippen molar-refractivity contribution in [2.45, 2.75) is 6.17 Å².